The molecule has 2 heterocycles. The lowest BCUT2D eigenvalue weighted by Gasteiger charge is -2.05. The van der Waals surface area contributed by atoms with Crippen LogP contribution in [-0.2, 0) is 6.61 Å². The third-order valence-corrected chi connectivity index (χ3v) is 2.57. The van der Waals surface area contributed by atoms with E-state index in [1.807, 2.05) is 30.3 Å². The lowest BCUT2D eigenvalue weighted by Crippen LogP contribution is -2.01. The lowest BCUT2D eigenvalue weighted by atomic mass is 10.2. The number of fused-ring (bicyclic) bond motifs is 1. The number of ether oxygens (including phenoxy) is 1. The number of aromatic nitrogens is 3. The zero-order chi connectivity index (χ0) is 12.2. The smallest absolute Gasteiger partial charge is 0.214 e. The van der Waals surface area contributed by atoms with Gasteiger partial charge in [-0.15, -0.1) is 0 Å². The summed E-state index contributed by atoms with van der Waals surface area (Å²) in [6.45, 7) is 0.326. The van der Waals surface area contributed by atoms with E-state index in [1.165, 1.54) is 0 Å². The Hall–Kier alpha value is -2.49. The highest BCUT2D eigenvalue weighted by Crippen LogP contribution is 2.17. The summed E-state index contributed by atoms with van der Waals surface area (Å²) in [4.78, 5) is 12.4. The Balaban J connectivity index is 1.79. The fourth-order valence-corrected chi connectivity index (χ4v) is 1.69. The van der Waals surface area contributed by atoms with Crippen molar-refractivity contribution in [2.45, 2.75) is 6.61 Å². The Labute approximate surface area is 104 Å². The van der Waals surface area contributed by atoms with Crippen molar-refractivity contribution in [2.75, 3.05) is 0 Å². The van der Waals surface area contributed by atoms with E-state index in [0.717, 1.165) is 10.8 Å². The van der Waals surface area contributed by atoms with Gasteiger partial charge in [-0.3, -0.25) is 0 Å². The van der Waals surface area contributed by atoms with Gasteiger partial charge in [0.2, 0.25) is 5.88 Å². The van der Waals surface area contributed by atoms with Crippen LogP contribution in [0.1, 0.15) is 5.82 Å². The van der Waals surface area contributed by atoms with Gasteiger partial charge in [0.15, 0.2) is 5.82 Å². The molecule has 0 unspecified atom stereocenters. The SMILES string of the molecule is c1cnc(COc2cc3ccccc3cn2)nc1. The van der Waals surface area contributed by atoms with E-state index in [4.69, 9.17) is 4.74 Å². The molecule has 3 aromatic rings. The highest BCUT2D eigenvalue weighted by Gasteiger charge is 2.00. The topological polar surface area (TPSA) is 47.9 Å². The summed E-state index contributed by atoms with van der Waals surface area (Å²) in [7, 11) is 0. The predicted octanol–water partition coefficient (Wildman–Crippen LogP) is 2.60. The first-order chi connectivity index (χ1) is 8.92. The van der Waals surface area contributed by atoms with Crippen LogP contribution >= 0.6 is 0 Å². The molecule has 0 N–H and O–H groups in total. The molecule has 0 fully saturated rings. The maximum absolute atomic E-state index is 5.56. The molecule has 88 valence electrons. The van der Waals surface area contributed by atoms with Gasteiger partial charge >= 0.3 is 0 Å². The van der Waals surface area contributed by atoms with Gasteiger partial charge in [-0.1, -0.05) is 24.3 Å². The van der Waals surface area contributed by atoms with Crippen molar-refractivity contribution in [2.24, 2.45) is 0 Å². The van der Waals surface area contributed by atoms with Crippen molar-refractivity contribution in [3.05, 3.63) is 60.8 Å². The van der Waals surface area contributed by atoms with Crippen molar-refractivity contribution in [1.82, 2.24) is 15.0 Å². The van der Waals surface area contributed by atoms with Crippen LogP contribution in [0.4, 0.5) is 0 Å². The largest absolute Gasteiger partial charge is 0.469 e. The zero-order valence-electron chi connectivity index (χ0n) is 9.65. The molecule has 0 amide bonds. The first-order valence-electron chi connectivity index (χ1n) is 5.65. The number of nitrogens with zero attached hydrogens (tertiary/aromatic N) is 3. The van der Waals surface area contributed by atoms with Crippen LogP contribution in [0.2, 0.25) is 0 Å². The third-order valence-electron chi connectivity index (χ3n) is 2.57. The van der Waals surface area contributed by atoms with E-state index < -0.39 is 0 Å². The Bertz CT molecular complexity index is 655. The van der Waals surface area contributed by atoms with Gasteiger partial charge in [0.05, 0.1) is 0 Å². The van der Waals surface area contributed by atoms with Gasteiger partial charge in [0.1, 0.15) is 6.61 Å². The molecule has 1 aromatic carbocycles. The van der Waals surface area contributed by atoms with Crippen LogP contribution in [0.15, 0.2) is 55.0 Å². The molecule has 3 rings (SSSR count). The fourth-order valence-electron chi connectivity index (χ4n) is 1.69. The molecule has 4 nitrogen and oxygen atoms in total. The quantitative estimate of drug-likeness (QED) is 0.702. The average molecular weight is 237 g/mol. The fraction of sp³-hybridized carbons (Fsp3) is 0.0714. The second kappa shape index (κ2) is 4.79. The van der Waals surface area contributed by atoms with Gasteiger partial charge in [-0.25, -0.2) is 15.0 Å². The summed E-state index contributed by atoms with van der Waals surface area (Å²) in [6.07, 6.45) is 5.19. The second-order valence-electron chi connectivity index (χ2n) is 3.82. The molecule has 2 aromatic heterocycles. The molecule has 0 aliphatic heterocycles. The maximum Gasteiger partial charge on any atom is 0.214 e. The van der Waals surface area contributed by atoms with E-state index in [-0.39, 0.29) is 0 Å². The van der Waals surface area contributed by atoms with E-state index in [1.54, 1.807) is 24.7 Å². The molecule has 0 bridgehead atoms. The summed E-state index contributed by atoms with van der Waals surface area (Å²) < 4.78 is 5.56. The molecule has 0 saturated carbocycles. The molecule has 0 spiro atoms. The number of benzene rings is 1. The summed E-state index contributed by atoms with van der Waals surface area (Å²) in [6, 6.07) is 11.7. The average Bonchev–Trinajstić information content (AvgIpc) is 2.46. The molecule has 0 aliphatic carbocycles. The number of rotatable bonds is 3. The Morgan fingerprint density at radius 3 is 2.50 bits per heavy atom. The van der Waals surface area contributed by atoms with E-state index in [9.17, 15) is 0 Å². The molecule has 18 heavy (non-hydrogen) atoms. The third kappa shape index (κ3) is 2.27. The molecule has 0 radical (unpaired) electrons. The predicted molar refractivity (Wildman–Crippen MR) is 68.1 cm³/mol. The molecule has 0 saturated heterocycles. The zero-order valence-corrected chi connectivity index (χ0v) is 9.65. The summed E-state index contributed by atoms with van der Waals surface area (Å²) in [5, 5.41) is 2.21. The minimum Gasteiger partial charge on any atom is -0.469 e. The van der Waals surface area contributed by atoms with Crippen LogP contribution in [0, 0.1) is 0 Å². The highest BCUT2D eigenvalue weighted by molar-refractivity contribution is 5.82. The van der Waals surface area contributed by atoms with Crippen molar-refractivity contribution in [3.63, 3.8) is 0 Å². The van der Waals surface area contributed by atoms with Crippen LogP contribution < -0.4 is 4.74 Å². The Morgan fingerprint density at radius 1 is 0.889 bits per heavy atom. The molecular weight excluding hydrogens is 226 g/mol. The van der Waals surface area contributed by atoms with E-state index >= 15 is 0 Å². The van der Waals surface area contributed by atoms with Crippen LogP contribution in [0.5, 0.6) is 5.88 Å². The first kappa shape index (κ1) is 10.7. The van der Waals surface area contributed by atoms with E-state index in [0.29, 0.717) is 18.3 Å². The normalized spacial score (nSPS) is 10.4. The molecule has 4 heteroatoms. The van der Waals surface area contributed by atoms with Crippen molar-refractivity contribution < 1.29 is 4.74 Å². The monoisotopic (exact) mass is 237 g/mol. The molecule has 0 atom stereocenters. The van der Waals surface area contributed by atoms with Crippen molar-refractivity contribution >= 4 is 10.8 Å². The number of hydrogen-bond donors (Lipinski definition) is 0. The van der Waals surface area contributed by atoms with E-state index in [2.05, 4.69) is 15.0 Å². The standard InChI is InChI=1S/C14H11N3O/c1-2-5-12-9-17-14(8-11(12)4-1)18-10-13-15-6-3-7-16-13/h1-9H,10H2. The Kier molecular flexibility index (Phi) is 2.84. The number of pyridine rings is 1. The minimum atomic E-state index is 0.326. The molecular formula is C14H11N3O. The highest BCUT2D eigenvalue weighted by atomic mass is 16.5. The van der Waals surface area contributed by atoms with Gasteiger partial charge < -0.3 is 4.74 Å². The second-order valence-corrected chi connectivity index (χ2v) is 3.82. The van der Waals surface area contributed by atoms with Crippen LogP contribution in [0.3, 0.4) is 0 Å². The van der Waals surface area contributed by atoms with Gasteiger partial charge in [0, 0.05) is 30.0 Å². The summed E-state index contributed by atoms with van der Waals surface area (Å²) in [5.74, 6) is 1.23. The van der Waals surface area contributed by atoms with Gasteiger partial charge in [-0.05, 0) is 11.5 Å². The van der Waals surface area contributed by atoms with Crippen LogP contribution in [0.25, 0.3) is 10.8 Å². The Morgan fingerprint density at radius 2 is 1.67 bits per heavy atom. The maximum atomic E-state index is 5.56. The van der Waals surface area contributed by atoms with Gasteiger partial charge in [0.25, 0.3) is 0 Å². The minimum absolute atomic E-state index is 0.326. The lowest BCUT2D eigenvalue weighted by molar-refractivity contribution is 0.284. The number of hydrogen-bond acceptors (Lipinski definition) is 4. The van der Waals surface area contributed by atoms with Crippen LogP contribution in [-0.4, -0.2) is 15.0 Å². The van der Waals surface area contributed by atoms with Gasteiger partial charge in [-0.2, -0.15) is 0 Å². The van der Waals surface area contributed by atoms with Crippen molar-refractivity contribution in [3.8, 4) is 5.88 Å². The molecule has 0 aliphatic rings. The summed E-state index contributed by atoms with van der Waals surface area (Å²) >= 11 is 0. The summed E-state index contributed by atoms with van der Waals surface area (Å²) in [5.41, 5.74) is 0. The first-order valence-corrected chi connectivity index (χ1v) is 5.65. The van der Waals surface area contributed by atoms with Crippen molar-refractivity contribution in [1.29, 1.82) is 0 Å².